The first-order chi connectivity index (χ1) is 15.1. The number of fused-ring (bicyclic) bond motifs is 1. The first-order valence-electron chi connectivity index (χ1n) is 9.30. The molecule has 0 N–H and O–H groups in total. The third-order valence-corrected chi connectivity index (χ3v) is 4.70. The monoisotopic (exact) mass is 408 g/mol. The highest BCUT2D eigenvalue weighted by molar-refractivity contribution is 5.94. The largest absolute Gasteiger partial charge is 0.493 e. The van der Waals surface area contributed by atoms with Crippen LogP contribution in [0, 0.1) is 23.2 Å². The SMILES string of the molecule is COc1cc2c(C#Cc3cccnc3)c(-c3ccc(C#N)cc3)oc(=O)c2cc1OC. The molecule has 6 heteroatoms. The second-order valence-electron chi connectivity index (χ2n) is 6.53. The van der Waals surface area contributed by atoms with Crippen molar-refractivity contribution in [3.8, 4) is 40.7 Å². The van der Waals surface area contributed by atoms with Crippen molar-refractivity contribution >= 4 is 10.8 Å². The molecule has 6 nitrogen and oxygen atoms in total. The fourth-order valence-corrected chi connectivity index (χ4v) is 3.17. The number of nitriles is 1. The molecule has 4 aromatic rings. The fourth-order valence-electron chi connectivity index (χ4n) is 3.17. The molecule has 0 spiro atoms. The Morgan fingerprint density at radius 1 is 0.935 bits per heavy atom. The molecule has 0 amide bonds. The Morgan fingerprint density at radius 2 is 1.65 bits per heavy atom. The lowest BCUT2D eigenvalue weighted by Gasteiger charge is -2.12. The third-order valence-electron chi connectivity index (χ3n) is 4.70. The second kappa shape index (κ2) is 8.44. The normalized spacial score (nSPS) is 10.1. The molecule has 0 aliphatic rings. The van der Waals surface area contributed by atoms with Gasteiger partial charge in [0.25, 0.3) is 0 Å². The van der Waals surface area contributed by atoms with Gasteiger partial charge in [-0.25, -0.2) is 4.79 Å². The standard InChI is InChI=1S/C25H16N2O4/c1-29-22-12-20-19(10-7-17-4-3-11-27-15-17)24(18-8-5-16(14-26)6-9-18)31-25(28)21(20)13-23(22)30-2/h3-6,8-9,11-13,15H,1-2H3. The summed E-state index contributed by atoms with van der Waals surface area (Å²) in [5.41, 5.74) is 1.84. The number of nitrogens with zero attached hydrogens (tertiary/aromatic N) is 2. The van der Waals surface area contributed by atoms with Crippen LogP contribution in [0.25, 0.3) is 22.1 Å². The maximum Gasteiger partial charge on any atom is 0.344 e. The summed E-state index contributed by atoms with van der Waals surface area (Å²) in [5.74, 6) is 7.40. The summed E-state index contributed by atoms with van der Waals surface area (Å²) < 4.78 is 16.4. The van der Waals surface area contributed by atoms with E-state index < -0.39 is 5.63 Å². The summed E-state index contributed by atoms with van der Waals surface area (Å²) >= 11 is 0. The number of benzene rings is 2. The number of rotatable bonds is 3. The van der Waals surface area contributed by atoms with Crippen molar-refractivity contribution in [1.29, 1.82) is 5.26 Å². The molecule has 0 saturated heterocycles. The molecule has 0 saturated carbocycles. The average molecular weight is 408 g/mol. The molecule has 2 aromatic carbocycles. The molecule has 31 heavy (non-hydrogen) atoms. The Kier molecular flexibility index (Phi) is 5.38. The maximum atomic E-state index is 12.8. The number of hydrogen-bond acceptors (Lipinski definition) is 6. The predicted molar refractivity (Wildman–Crippen MR) is 116 cm³/mol. The van der Waals surface area contributed by atoms with Crippen LogP contribution in [0.3, 0.4) is 0 Å². The van der Waals surface area contributed by atoms with E-state index in [1.165, 1.54) is 14.2 Å². The Balaban J connectivity index is 2.05. The number of pyridine rings is 1. The minimum atomic E-state index is -0.526. The Morgan fingerprint density at radius 3 is 2.26 bits per heavy atom. The smallest absolute Gasteiger partial charge is 0.344 e. The lowest BCUT2D eigenvalue weighted by Crippen LogP contribution is -2.05. The Labute approximate surface area is 178 Å². The van der Waals surface area contributed by atoms with Crippen molar-refractivity contribution in [3.05, 3.63) is 88.0 Å². The lowest BCUT2D eigenvalue weighted by atomic mass is 10.00. The molecule has 4 rings (SSSR count). The van der Waals surface area contributed by atoms with Crippen LogP contribution < -0.4 is 15.1 Å². The highest BCUT2D eigenvalue weighted by Gasteiger charge is 2.18. The zero-order chi connectivity index (χ0) is 21.8. The second-order valence-corrected chi connectivity index (χ2v) is 6.53. The van der Waals surface area contributed by atoms with Crippen LogP contribution in [0.5, 0.6) is 11.5 Å². The van der Waals surface area contributed by atoms with Gasteiger partial charge in [0, 0.05) is 28.9 Å². The van der Waals surface area contributed by atoms with E-state index in [2.05, 4.69) is 22.9 Å². The zero-order valence-corrected chi connectivity index (χ0v) is 16.8. The minimum absolute atomic E-state index is 0.311. The van der Waals surface area contributed by atoms with Crippen LogP contribution in [0.15, 0.2) is 70.1 Å². The van der Waals surface area contributed by atoms with Crippen molar-refractivity contribution in [3.63, 3.8) is 0 Å². The van der Waals surface area contributed by atoms with E-state index in [4.69, 9.17) is 19.2 Å². The molecular weight excluding hydrogens is 392 g/mol. The van der Waals surface area contributed by atoms with Crippen LogP contribution >= 0.6 is 0 Å². The number of aromatic nitrogens is 1. The highest BCUT2D eigenvalue weighted by atomic mass is 16.5. The molecule has 0 aliphatic heterocycles. The van der Waals surface area contributed by atoms with Crippen molar-refractivity contribution in [2.45, 2.75) is 0 Å². The van der Waals surface area contributed by atoms with Gasteiger partial charge in [-0.2, -0.15) is 5.26 Å². The van der Waals surface area contributed by atoms with Gasteiger partial charge < -0.3 is 13.9 Å². The molecule has 2 aromatic heterocycles. The summed E-state index contributed by atoms with van der Waals surface area (Å²) in [5, 5.41) is 9.98. The van der Waals surface area contributed by atoms with E-state index in [-0.39, 0.29) is 0 Å². The Hall–Kier alpha value is -4.55. The van der Waals surface area contributed by atoms with Gasteiger partial charge in [0.1, 0.15) is 0 Å². The summed E-state index contributed by atoms with van der Waals surface area (Å²) in [7, 11) is 3.02. The number of hydrogen-bond donors (Lipinski definition) is 0. The summed E-state index contributed by atoms with van der Waals surface area (Å²) in [4.78, 5) is 16.9. The third kappa shape index (κ3) is 3.83. The van der Waals surface area contributed by atoms with Crippen molar-refractivity contribution in [1.82, 2.24) is 4.98 Å². The maximum absolute atomic E-state index is 12.8. The van der Waals surface area contributed by atoms with E-state index in [1.54, 1.807) is 54.9 Å². The lowest BCUT2D eigenvalue weighted by molar-refractivity contribution is 0.355. The van der Waals surface area contributed by atoms with E-state index >= 15 is 0 Å². The highest BCUT2D eigenvalue weighted by Crippen LogP contribution is 2.35. The van der Waals surface area contributed by atoms with Crippen LogP contribution in [-0.4, -0.2) is 19.2 Å². The molecular formula is C25H16N2O4. The van der Waals surface area contributed by atoms with Crippen LogP contribution in [0.1, 0.15) is 16.7 Å². The van der Waals surface area contributed by atoms with E-state index in [0.717, 1.165) is 0 Å². The van der Waals surface area contributed by atoms with Gasteiger partial charge in [-0.3, -0.25) is 4.98 Å². The quantitative estimate of drug-likeness (QED) is 0.474. The topological polar surface area (TPSA) is 85.4 Å². The van der Waals surface area contributed by atoms with Gasteiger partial charge in [-0.1, -0.05) is 11.8 Å². The first-order valence-corrected chi connectivity index (χ1v) is 9.30. The molecule has 0 radical (unpaired) electrons. The van der Waals surface area contributed by atoms with Gasteiger partial charge in [0.15, 0.2) is 17.3 Å². The van der Waals surface area contributed by atoms with E-state index in [1.807, 2.05) is 6.07 Å². The number of methoxy groups -OCH3 is 2. The van der Waals surface area contributed by atoms with Crippen LogP contribution in [-0.2, 0) is 0 Å². The van der Waals surface area contributed by atoms with Crippen molar-refractivity contribution in [2.24, 2.45) is 0 Å². The van der Waals surface area contributed by atoms with Crippen LogP contribution in [0.2, 0.25) is 0 Å². The molecule has 0 aliphatic carbocycles. The van der Waals surface area contributed by atoms with Gasteiger partial charge in [0.05, 0.1) is 36.8 Å². The van der Waals surface area contributed by atoms with Crippen molar-refractivity contribution < 1.29 is 13.9 Å². The van der Waals surface area contributed by atoms with Crippen LogP contribution in [0.4, 0.5) is 0 Å². The summed E-state index contributed by atoms with van der Waals surface area (Å²) in [6.07, 6.45) is 3.32. The summed E-state index contributed by atoms with van der Waals surface area (Å²) in [6.45, 7) is 0. The van der Waals surface area contributed by atoms with Gasteiger partial charge in [0.2, 0.25) is 0 Å². The molecule has 0 fully saturated rings. The van der Waals surface area contributed by atoms with E-state index in [0.29, 0.717) is 50.3 Å². The molecule has 150 valence electrons. The Bertz CT molecular complexity index is 1420. The molecule has 0 bridgehead atoms. The zero-order valence-electron chi connectivity index (χ0n) is 16.8. The molecule has 0 unspecified atom stereocenters. The van der Waals surface area contributed by atoms with Gasteiger partial charge >= 0.3 is 5.63 Å². The minimum Gasteiger partial charge on any atom is -0.493 e. The fraction of sp³-hybridized carbons (Fsp3) is 0.0800. The average Bonchev–Trinajstić information content (AvgIpc) is 2.83. The van der Waals surface area contributed by atoms with Gasteiger partial charge in [-0.15, -0.1) is 0 Å². The molecule has 2 heterocycles. The molecule has 0 atom stereocenters. The summed E-state index contributed by atoms with van der Waals surface area (Å²) in [6, 6.07) is 15.8. The van der Waals surface area contributed by atoms with Gasteiger partial charge in [-0.05, 0) is 48.5 Å². The first kappa shape index (κ1) is 19.8. The number of ether oxygens (including phenoxy) is 2. The van der Waals surface area contributed by atoms with Crippen molar-refractivity contribution in [2.75, 3.05) is 14.2 Å². The van der Waals surface area contributed by atoms with E-state index in [9.17, 15) is 4.79 Å². The predicted octanol–water partition coefficient (Wildman–Crippen LogP) is 4.14.